The third-order valence-electron chi connectivity index (χ3n) is 8.13. The number of nitrogens with zero attached hydrogens (tertiary/aromatic N) is 5. The van der Waals surface area contributed by atoms with Crippen molar-refractivity contribution in [2.45, 2.75) is 54.0 Å². The fourth-order valence-electron chi connectivity index (χ4n) is 5.87. The Balaban J connectivity index is 1.15. The fraction of sp³-hybridized carbons (Fsp3) is 0.370. The van der Waals surface area contributed by atoms with Gasteiger partial charge in [0.25, 0.3) is 0 Å². The molecule has 2 fully saturated rings. The van der Waals surface area contributed by atoms with Crippen molar-refractivity contribution >= 4 is 46.6 Å². The van der Waals surface area contributed by atoms with Crippen LogP contribution in [0.15, 0.2) is 58.7 Å². The van der Waals surface area contributed by atoms with Gasteiger partial charge in [0.2, 0.25) is 5.95 Å². The normalized spacial score (nSPS) is 20.5. The number of aromatic nitrogens is 4. The van der Waals surface area contributed by atoms with E-state index in [1.165, 1.54) is 22.9 Å². The van der Waals surface area contributed by atoms with Crippen molar-refractivity contribution in [3.8, 4) is 0 Å². The average Bonchev–Trinajstić information content (AvgIpc) is 3.52. The molecule has 3 aromatic heterocycles. The van der Waals surface area contributed by atoms with Gasteiger partial charge in [0.05, 0.1) is 9.92 Å². The Morgan fingerprint density at radius 1 is 1.08 bits per heavy atom. The van der Waals surface area contributed by atoms with Crippen molar-refractivity contribution in [2.75, 3.05) is 29.0 Å². The van der Waals surface area contributed by atoms with Gasteiger partial charge in [-0.15, -0.1) is 0 Å². The maximum atomic E-state index is 6.79. The van der Waals surface area contributed by atoms with E-state index in [0.717, 1.165) is 66.6 Å². The molecule has 4 aromatic rings. The van der Waals surface area contributed by atoms with Crippen LogP contribution in [0, 0.1) is 5.41 Å². The number of imidazole rings is 1. The highest BCUT2D eigenvalue weighted by Crippen LogP contribution is 2.51. The van der Waals surface area contributed by atoms with Crippen molar-refractivity contribution in [1.82, 2.24) is 19.4 Å². The molecule has 0 unspecified atom stereocenters. The lowest BCUT2D eigenvalue weighted by molar-refractivity contribution is 0.187. The van der Waals surface area contributed by atoms with Crippen molar-refractivity contribution in [3.63, 3.8) is 0 Å². The average molecular weight is 533 g/mol. The molecule has 5 N–H and O–H groups in total. The van der Waals surface area contributed by atoms with Gasteiger partial charge in [-0.05, 0) is 54.7 Å². The summed E-state index contributed by atoms with van der Waals surface area (Å²) in [5.74, 6) is 1.99. The summed E-state index contributed by atoms with van der Waals surface area (Å²) >= 11 is 8.20. The van der Waals surface area contributed by atoms with Gasteiger partial charge >= 0.3 is 0 Å². The minimum atomic E-state index is 0.0836. The standard InChI is InChI=1S/C27H29ClN8S/c28-20-19(7-10-31-24(20)33-17-5-6-17)37-21-23(30)34-26(36-14-11-32-25(21)36)35-12-8-27(9-13-35)15-16-3-1-2-4-18(16)22(27)29/h1-4,7,10-11,14,17,22H,5-6,8-9,12-13,15,29-30H2,(H,31,33)/t22-/m1/s1. The van der Waals surface area contributed by atoms with E-state index in [0.29, 0.717) is 22.7 Å². The van der Waals surface area contributed by atoms with Crippen LogP contribution in [0.2, 0.25) is 5.02 Å². The molecule has 190 valence electrons. The zero-order valence-corrected chi connectivity index (χ0v) is 22.0. The van der Waals surface area contributed by atoms with Crippen LogP contribution in [0.5, 0.6) is 0 Å². The molecule has 0 bridgehead atoms. The number of nitrogens with one attached hydrogen (secondary N) is 1. The third kappa shape index (κ3) is 3.91. The molecule has 1 atom stereocenters. The molecule has 1 aromatic carbocycles. The van der Waals surface area contributed by atoms with Gasteiger partial charge in [-0.2, -0.15) is 4.98 Å². The topological polar surface area (TPSA) is 110 Å². The molecule has 0 radical (unpaired) electrons. The van der Waals surface area contributed by atoms with Crippen molar-refractivity contribution in [3.05, 3.63) is 65.1 Å². The molecule has 4 heterocycles. The van der Waals surface area contributed by atoms with E-state index in [-0.39, 0.29) is 11.5 Å². The molecule has 7 rings (SSSR count). The van der Waals surface area contributed by atoms with Crippen molar-refractivity contribution in [2.24, 2.45) is 11.1 Å². The van der Waals surface area contributed by atoms with E-state index >= 15 is 0 Å². The first-order valence-electron chi connectivity index (χ1n) is 12.8. The highest BCUT2D eigenvalue weighted by molar-refractivity contribution is 7.99. The SMILES string of the molecule is Nc1nc(N2CCC3(CC2)Cc2ccccc2[C@H]3N)n2ccnc2c1Sc1ccnc(NC2CC2)c1Cl. The second kappa shape index (κ2) is 8.79. The maximum absolute atomic E-state index is 6.79. The highest BCUT2D eigenvalue weighted by atomic mass is 35.5. The molecule has 3 aliphatic rings. The van der Waals surface area contributed by atoms with E-state index in [9.17, 15) is 0 Å². The lowest BCUT2D eigenvalue weighted by Gasteiger charge is -2.42. The predicted molar refractivity (Wildman–Crippen MR) is 148 cm³/mol. The van der Waals surface area contributed by atoms with Crippen LogP contribution in [0.1, 0.15) is 42.9 Å². The number of nitrogens with two attached hydrogens (primary N) is 2. The molecular formula is C27H29ClN8S. The van der Waals surface area contributed by atoms with Crippen LogP contribution in [0.3, 0.4) is 0 Å². The molecule has 2 aliphatic carbocycles. The number of pyridine rings is 1. The summed E-state index contributed by atoms with van der Waals surface area (Å²) in [6.07, 6.45) is 10.9. The van der Waals surface area contributed by atoms with Gasteiger partial charge in [-0.1, -0.05) is 47.6 Å². The van der Waals surface area contributed by atoms with Gasteiger partial charge in [-0.25, -0.2) is 9.97 Å². The molecule has 8 nitrogen and oxygen atoms in total. The van der Waals surface area contributed by atoms with E-state index in [4.69, 9.17) is 28.1 Å². The van der Waals surface area contributed by atoms with Crippen LogP contribution in [-0.2, 0) is 6.42 Å². The molecule has 1 spiro atoms. The molecule has 37 heavy (non-hydrogen) atoms. The number of piperidine rings is 1. The van der Waals surface area contributed by atoms with Crippen LogP contribution < -0.4 is 21.7 Å². The lowest BCUT2D eigenvalue weighted by atomic mass is 9.73. The molecular weight excluding hydrogens is 504 g/mol. The number of hydrogen-bond acceptors (Lipinski definition) is 8. The minimum Gasteiger partial charge on any atom is -0.383 e. The Labute approximate surface area is 224 Å². The summed E-state index contributed by atoms with van der Waals surface area (Å²) in [6.45, 7) is 1.75. The van der Waals surface area contributed by atoms with E-state index in [1.54, 1.807) is 12.4 Å². The van der Waals surface area contributed by atoms with E-state index in [2.05, 4.69) is 44.5 Å². The molecule has 1 saturated carbocycles. The molecule has 1 aliphatic heterocycles. The van der Waals surface area contributed by atoms with Crippen LogP contribution >= 0.6 is 23.4 Å². The maximum Gasteiger partial charge on any atom is 0.213 e. The van der Waals surface area contributed by atoms with Crippen LogP contribution in [-0.4, -0.2) is 38.5 Å². The first kappa shape index (κ1) is 23.1. The largest absolute Gasteiger partial charge is 0.383 e. The van der Waals surface area contributed by atoms with Gasteiger partial charge in [-0.3, -0.25) is 4.40 Å². The van der Waals surface area contributed by atoms with Crippen LogP contribution in [0.25, 0.3) is 5.65 Å². The zero-order valence-electron chi connectivity index (χ0n) is 20.4. The summed E-state index contributed by atoms with van der Waals surface area (Å²) < 4.78 is 2.04. The zero-order chi connectivity index (χ0) is 25.1. The minimum absolute atomic E-state index is 0.0836. The lowest BCUT2D eigenvalue weighted by Crippen LogP contribution is -2.45. The first-order valence-corrected chi connectivity index (χ1v) is 14.0. The van der Waals surface area contributed by atoms with Crippen molar-refractivity contribution < 1.29 is 0 Å². The highest BCUT2D eigenvalue weighted by Gasteiger charge is 2.46. The van der Waals surface area contributed by atoms with Gasteiger partial charge in [0, 0.05) is 48.7 Å². The molecule has 10 heteroatoms. The number of hydrogen-bond donors (Lipinski definition) is 3. The summed E-state index contributed by atoms with van der Waals surface area (Å²) in [5.41, 5.74) is 17.0. The molecule has 0 amide bonds. The summed E-state index contributed by atoms with van der Waals surface area (Å²) in [5, 5.41) is 4.00. The fourth-order valence-corrected chi connectivity index (χ4v) is 7.08. The Bertz CT molecular complexity index is 1490. The summed E-state index contributed by atoms with van der Waals surface area (Å²) in [7, 11) is 0. The smallest absolute Gasteiger partial charge is 0.213 e. The monoisotopic (exact) mass is 532 g/mol. The number of rotatable bonds is 5. The van der Waals surface area contributed by atoms with Crippen molar-refractivity contribution in [1.29, 1.82) is 0 Å². The number of fused-ring (bicyclic) bond motifs is 2. The quantitative estimate of drug-likeness (QED) is 0.332. The number of halogens is 1. The Kier molecular flexibility index (Phi) is 5.49. The summed E-state index contributed by atoms with van der Waals surface area (Å²) in [6, 6.07) is 11.1. The Hall–Kier alpha value is -3.01. The second-order valence-corrected chi connectivity index (χ2v) is 11.9. The third-order valence-corrected chi connectivity index (χ3v) is 9.78. The van der Waals surface area contributed by atoms with Crippen LogP contribution in [0.4, 0.5) is 17.6 Å². The van der Waals surface area contributed by atoms with Gasteiger partial charge < -0.3 is 21.7 Å². The van der Waals surface area contributed by atoms with E-state index < -0.39 is 0 Å². The Morgan fingerprint density at radius 2 is 1.89 bits per heavy atom. The van der Waals surface area contributed by atoms with E-state index in [1.807, 2.05) is 16.7 Å². The summed E-state index contributed by atoms with van der Waals surface area (Å²) in [4.78, 5) is 17.9. The number of nitrogen functional groups attached to an aromatic ring is 1. The Morgan fingerprint density at radius 3 is 2.68 bits per heavy atom. The number of benzene rings is 1. The predicted octanol–water partition coefficient (Wildman–Crippen LogP) is 4.93. The number of anilines is 3. The first-order chi connectivity index (χ1) is 18.0. The second-order valence-electron chi connectivity index (χ2n) is 10.4. The molecule has 1 saturated heterocycles. The van der Waals surface area contributed by atoms with Gasteiger partial charge in [0.1, 0.15) is 11.6 Å². The van der Waals surface area contributed by atoms with Gasteiger partial charge in [0.15, 0.2) is 5.65 Å².